The lowest BCUT2D eigenvalue weighted by atomic mass is 10.9. The number of aromatic nitrogens is 2. The molecule has 0 saturated carbocycles. The van der Waals surface area contributed by atoms with Gasteiger partial charge < -0.3 is 4.57 Å². The zero-order chi connectivity index (χ0) is 9.19. The minimum absolute atomic E-state index is 1.01. The highest BCUT2D eigenvalue weighted by molar-refractivity contribution is 8.01. The molecule has 0 radical (unpaired) electrons. The number of imidazole rings is 1. The van der Waals surface area contributed by atoms with Crippen LogP contribution in [-0.2, 0) is 7.05 Å². The molecule has 0 fully saturated rings. The van der Waals surface area contributed by atoms with Crippen molar-refractivity contribution in [3.63, 3.8) is 0 Å². The summed E-state index contributed by atoms with van der Waals surface area (Å²) in [5.41, 5.74) is 0. The molecule has 0 aliphatic carbocycles. The van der Waals surface area contributed by atoms with E-state index in [0.717, 1.165) is 10.5 Å². The van der Waals surface area contributed by atoms with Gasteiger partial charge >= 0.3 is 0 Å². The van der Waals surface area contributed by atoms with E-state index in [9.17, 15) is 0 Å². The first-order valence-electron chi connectivity index (χ1n) is 3.78. The maximum Gasteiger partial charge on any atom is 0.167 e. The van der Waals surface area contributed by atoms with Gasteiger partial charge in [0.2, 0.25) is 0 Å². The Morgan fingerprint density at radius 2 is 2.33 bits per heavy atom. The average Bonchev–Trinajstić information content (AvgIpc) is 2.29. The van der Waals surface area contributed by atoms with Crippen molar-refractivity contribution in [2.45, 2.75) is 18.3 Å². The van der Waals surface area contributed by atoms with Crippen LogP contribution in [0.25, 0.3) is 0 Å². The third kappa shape index (κ3) is 3.21. The van der Waals surface area contributed by atoms with Crippen LogP contribution in [0, 0.1) is 0 Å². The second-order valence-corrected chi connectivity index (χ2v) is 11.6. The number of hydrogen-bond acceptors (Lipinski definition) is 2. The monoisotopic (exact) mass is 220 g/mol. The molecular formula is C7H13ClN2SSi. The zero-order valence-electron chi connectivity index (χ0n) is 7.54. The van der Waals surface area contributed by atoms with E-state index in [1.54, 1.807) is 11.8 Å². The standard InChI is InChI=1S/C7H13ClN2SSi/c1-10-5-4-9-7(10)11-6-12(2,3)8/h4-5H,6H2,1-3H3. The first-order valence-corrected chi connectivity index (χ1v) is 8.98. The van der Waals surface area contributed by atoms with E-state index in [1.807, 2.05) is 24.0 Å². The van der Waals surface area contributed by atoms with Crippen LogP contribution in [0.15, 0.2) is 17.6 Å². The van der Waals surface area contributed by atoms with Crippen molar-refractivity contribution in [2.75, 3.05) is 5.38 Å². The van der Waals surface area contributed by atoms with Crippen LogP contribution in [0.3, 0.4) is 0 Å². The Balaban J connectivity index is 2.49. The summed E-state index contributed by atoms with van der Waals surface area (Å²) in [6.07, 6.45) is 3.76. The van der Waals surface area contributed by atoms with Crippen LogP contribution in [0.5, 0.6) is 0 Å². The van der Waals surface area contributed by atoms with Crippen molar-refractivity contribution >= 4 is 30.2 Å². The normalized spacial score (nSPS) is 12.0. The van der Waals surface area contributed by atoms with Crippen molar-refractivity contribution in [3.8, 4) is 0 Å². The molecule has 0 saturated heterocycles. The Kier molecular flexibility index (Phi) is 3.26. The lowest BCUT2D eigenvalue weighted by Gasteiger charge is -2.10. The molecule has 1 aromatic heterocycles. The highest BCUT2D eigenvalue weighted by atomic mass is 35.6. The summed E-state index contributed by atoms with van der Waals surface area (Å²) in [5.74, 6) is 0. The second-order valence-electron chi connectivity index (χ2n) is 3.33. The van der Waals surface area contributed by atoms with Gasteiger partial charge in [-0.3, -0.25) is 0 Å². The van der Waals surface area contributed by atoms with Gasteiger partial charge in [0.15, 0.2) is 12.5 Å². The van der Waals surface area contributed by atoms with Crippen LogP contribution in [0.2, 0.25) is 13.1 Å². The Hall–Kier alpha value is 0.0669. The Bertz CT molecular complexity index is 256. The van der Waals surface area contributed by atoms with E-state index in [2.05, 4.69) is 18.1 Å². The fourth-order valence-electron chi connectivity index (χ4n) is 0.727. The quantitative estimate of drug-likeness (QED) is 0.443. The SMILES string of the molecule is Cn1ccnc1SC[Si](C)(C)Cl. The third-order valence-electron chi connectivity index (χ3n) is 1.32. The summed E-state index contributed by atoms with van der Waals surface area (Å²) in [4.78, 5) is 4.21. The molecule has 1 rings (SSSR count). The van der Waals surface area contributed by atoms with E-state index < -0.39 is 7.38 Å². The molecule has 0 N–H and O–H groups in total. The smallest absolute Gasteiger partial charge is 0.167 e. The van der Waals surface area contributed by atoms with Crippen molar-refractivity contribution in [2.24, 2.45) is 7.05 Å². The maximum absolute atomic E-state index is 6.18. The first-order chi connectivity index (χ1) is 5.49. The minimum Gasteiger partial charge on any atom is -0.329 e. The molecule has 1 heterocycles. The van der Waals surface area contributed by atoms with Crippen LogP contribution < -0.4 is 0 Å². The molecule has 0 aliphatic rings. The summed E-state index contributed by atoms with van der Waals surface area (Å²) < 4.78 is 2.02. The minimum atomic E-state index is -1.45. The lowest BCUT2D eigenvalue weighted by molar-refractivity contribution is 0.791. The fourth-order valence-corrected chi connectivity index (χ4v) is 3.51. The number of hydrogen-bond donors (Lipinski definition) is 0. The molecular weight excluding hydrogens is 208 g/mol. The van der Waals surface area contributed by atoms with Gasteiger partial charge in [-0.1, -0.05) is 24.9 Å². The zero-order valence-corrected chi connectivity index (χ0v) is 10.1. The molecule has 0 spiro atoms. The van der Waals surface area contributed by atoms with Crippen LogP contribution in [-0.4, -0.2) is 22.3 Å². The van der Waals surface area contributed by atoms with Gasteiger partial charge in [-0.05, 0) is 0 Å². The number of nitrogens with zero attached hydrogens (tertiary/aromatic N) is 2. The Morgan fingerprint density at radius 3 is 2.75 bits per heavy atom. The summed E-state index contributed by atoms with van der Waals surface area (Å²) in [5, 5.41) is 2.07. The Morgan fingerprint density at radius 1 is 1.67 bits per heavy atom. The first kappa shape index (κ1) is 10.1. The molecule has 0 aromatic carbocycles. The van der Waals surface area contributed by atoms with Crippen molar-refractivity contribution in [1.82, 2.24) is 9.55 Å². The molecule has 12 heavy (non-hydrogen) atoms. The van der Waals surface area contributed by atoms with Crippen molar-refractivity contribution < 1.29 is 0 Å². The van der Waals surface area contributed by atoms with Crippen LogP contribution in [0.1, 0.15) is 0 Å². The van der Waals surface area contributed by atoms with E-state index >= 15 is 0 Å². The highest BCUT2D eigenvalue weighted by Gasteiger charge is 2.18. The van der Waals surface area contributed by atoms with E-state index in [1.165, 1.54) is 0 Å². The molecule has 1 aromatic rings. The van der Waals surface area contributed by atoms with Crippen molar-refractivity contribution in [3.05, 3.63) is 12.4 Å². The molecule has 0 unspecified atom stereocenters. The summed E-state index contributed by atoms with van der Waals surface area (Å²) in [6, 6.07) is 0. The number of aryl methyl sites for hydroxylation is 1. The second kappa shape index (κ2) is 3.85. The fraction of sp³-hybridized carbons (Fsp3) is 0.571. The van der Waals surface area contributed by atoms with Crippen LogP contribution >= 0.6 is 22.8 Å². The number of halogens is 1. The number of rotatable bonds is 3. The van der Waals surface area contributed by atoms with Crippen molar-refractivity contribution in [1.29, 1.82) is 0 Å². The topological polar surface area (TPSA) is 17.8 Å². The summed E-state index contributed by atoms with van der Waals surface area (Å²) in [6.45, 7) is 4.29. The molecule has 0 atom stereocenters. The van der Waals surface area contributed by atoms with Gasteiger partial charge in [0.25, 0.3) is 0 Å². The Labute approximate surface area is 83.0 Å². The van der Waals surface area contributed by atoms with E-state index in [-0.39, 0.29) is 0 Å². The van der Waals surface area contributed by atoms with Gasteiger partial charge in [0.05, 0.1) is 0 Å². The summed E-state index contributed by atoms with van der Waals surface area (Å²) in [7, 11) is 0.544. The highest BCUT2D eigenvalue weighted by Crippen LogP contribution is 2.21. The molecule has 0 bridgehead atoms. The maximum atomic E-state index is 6.18. The molecule has 0 amide bonds. The summed E-state index contributed by atoms with van der Waals surface area (Å²) >= 11 is 7.93. The lowest BCUT2D eigenvalue weighted by Crippen LogP contribution is -2.20. The van der Waals surface area contributed by atoms with Gasteiger partial charge in [-0.2, -0.15) is 11.1 Å². The molecule has 2 nitrogen and oxygen atoms in total. The van der Waals surface area contributed by atoms with Gasteiger partial charge in [-0.15, -0.1) is 0 Å². The molecule has 0 aliphatic heterocycles. The number of thioether (sulfide) groups is 1. The van der Waals surface area contributed by atoms with E-state index in [4.69, 9.17) is 11.1 Å². The van der Waals surface area contributed by atoms with E-state index in [0.29, 0.717) is 0 Å². The van der Waals surface area contributed by atoms with Gasteiger partial charge in [-0.25, -0.2) is 4.98 Å². The predicted octanol–water partition coefficient (Wildman–Crippen LogP) is 2.50. The molecule has 68 valence electrons. The van der Waals surface area contributed by atoms with Crippen LogP contribution in [0.4, 0.5) is 0 Å². The predicted molar refractivity (Wildman–Crippen MR) is 57.3 cm³/mol. The third-order valence-corrected chi connectivity index (χ3v) is 6.28. The largest absolute Gasteiger partial charge is 0.329 e. The van der Waals surface area contributed by atoms with Gasteiger partial charge in [0, 0.05) is 24.8 Å². The molecule has 5 heteroatoms. The average molecular weight is 221 g/mol. The van der Waals surface area contributed by atoms with Gasteiger partial charge in [0.1, 0.15) is 0 Å².